The van der Waals surface area contributed by atoms with Crippen LogP contribution in [0.2, 0.25) is 0 Å². The van der Waals surface area contributed by atoms with E-state index in [-0.39, 0.29) is 11.6 Å². The third kappa shape index (κ3) is 4.78. The van der Waals surface area contributed by atoms with Crippen LogP contribution >= 0.6 is 0 Å². The average molecular weight is 334 g/mol. The lowest BCUT2D eigenvalue weighted by Gasteiger charge is -2.23. The number of carbonyl (C=O) groups is 1. The summed E-state index contributed by atoms with van der Waals surface area (Å²) in [7, 11) is 0. The highest BCUT2D eigenvalue weighted by atomic mass is 16.2. The summed E-state index contributed by atoms with van der Waals surface area (Å²) in [6.07, 6.45) is 0. The largest absolute Gasteiger partial charge is 0.323 e. The molecule has 2 amide bonds. The molecule has 0 aliphatic rings. The Labute approximate surface area is 145 Å². The summed E-state index contributed by atoms with van der Waals surface area (Å²) < 4.78 is 0. The maximum absolute atomic E-state index is 12.7. The van der Waals surface area contributed by atoms with E-state index in [1.165, 1.54) is 12.1 Å². The molecule has 0 radical (unpaired) electrons. The molecule has 6 nitrogen and oxygen atoms in total. The van der Waals surface area contributed by atoms with Gasteiger partial charge in [-0.2, -0.15) is 5.10 Å². The summed E-state index contributed by atoms with van der Waals surface area (Å²) in [6.45, 7) is 0.926. The van der Waals surface area contributed by atoms with Crippen LogP contribution in [-0.2, 0) is 13.1 Å². The molecule has 0 aliphatic carbocycles. The van der Waals surface area contributed by atoms with Gasteiger partial charge in [0.1, 0.15) is 0 Å². The molecule has 6 heteroatoms. The first-order valence-electron chi connectivity index (χ1n) is 7.90. The summed E-state index contributed by atoms with van der Waals surface area (Å²) in [6, 6.07) is 22.1. The van der Waals surface area contributed by atoms with Crippen LogP contribution < -0.4 is 10.9 Å². The Balaban J connectivity index is 1.77. The summed E-state index contributed by atoms with van der Waals surface area (Å²) in [5, 5.41) is 8.84. The highest BCUT2D eigenvalue weighted by Gasteiger charge is 2.15. The molecule has 2 aromatic carbocycles. The summed E-state index contributed by atoms with van der Waals surface area (Å²) in [5.74, 6) is 0.302. The van der Waals surface area contributed by atoms with Gasteiger partial charge < -0.3 is 4.90 Å². The molecule has 3 rings (SSSR count). The van der Waals surface area contributed by atoms with E-state index in [0.717, 1.165) is 11.1 Å². The van der Waals surface area contributed by atoms with Crippen LogP contribution in [0.3, 0.4) is 0 Å². The molecule has 2 N–H and O–H groups in total. The van der Waals surface area contributed by atoms with Crippen molar-refractivity contribution in [1.29, 1.82) is 0 Å². The smallest absolute Gasteiger partial charge is 0.316 e. The number of anilines is 1. The maximum Gasteiger partial charge on any atom is 0.323 e. The number of rotatable bonds is 5. The second kappa shape index (κ2) is 7.92. The van der Waals surface area contributed by atoms with E-state index in [9.17, 15) is 9.59 Å². The van der Waals surface area contributed by atoms with Crippen LogP contribution in [0, 0.1) is 0 Å². The van der Waals surface area contributed by atoms with Gasteiger partial charge in [0.05, 0.1) is 0 Å². The zero-order valence-electron chi connectivity index (χ0n) is 13.6. The number of benzene rings is 2. The lowest BCUT2D eigenvalue weighted by molar-refractivity contribution is 0.206. The minimum absolute atomic E-state index is 0.285. The Morgan fingerprint density at radius 3 is 1.92 bits per heavy atom. The van der Waals surface area contributed by atoms with Crippen LogP contribution in [0.5, 0.6) is 0 Å². The average Bonchev–Trinajstić information content (AvgIpc) is 2.65. The van der Waals surface area contributed by atoms with Crippen molar-refractivity contribution in [2.45, 2.75) is 13.1 Å². The second-order valence-electron chi connectivity index (χ2n) is 5.56. The first-order valence-corrected chi connectivity index (χ1v) is 7.90. The van der Waals surface area contributed by atoms with Crippen molar-refractivity contribution in [3.63, 3.8) is 0 Å². The molecule has 126 valence electrons. The highest BCUT2D eigenvalue weighted by molar-refractivity contribution is 5.88. The maximum atomic E-state index is 12.7. The SMILES string of the molecule is O=C(Nc1ccc(=O)[nH]n1)N(Cc1ccccc1)Cc1ccccc1. The number of urea groups is 1. The van der Waals surface area contributed by atoms with E-state index >= 15 is 0 Å². The molecule has 0 saturated heterocycles. The van der Waals surface area contributed by atoms with E-state index in [2.05, 4.69) is 15.5 Å². The standard InChI is InChI=1S/C19H18N4O2/c24-18-12-11-17(21-22-18)20-19(25)23(13-15-7-3-1-4-8-15)14-16-9-5-2-6-10-16/h1-12H,13-14H2,(H,22,24)(H,20,21,25). The van der Waals surface area contributed by atoms with Gasteiger partial charge in [0.15, 0.2) is 5.82 Å². The van der Waals surface area contributed by atoms with Crippen molar-refractivity contribution in [1.82, 2.24) is 15.1 Å². The lowest BCUT2D eigenvalue weighted by atomic mass is 10.2. The van der Waals surface area contributed by atoms with E-state index < -0.39 is 0 Å². The Hall–Kier alpha value is -3.41. The zero-order valence-corrected chi connectivity index (χ0v) is 13.6. The van der Waals surface area contributed by atoms with Crippen molar-refractivity contribution in [2.75, 3.05) is 5.32 Å². The number of amides is 2. The predicted octanol–water partition coefficient (Wildman–Crippen LogP) is 3.00. The fourth-order valence-corrected chi connectivity index (χ4v) is 2.41. The molecule has 0 unspecified atom stereocenters. The number of hydrogen-bond donors (Lipinski definition) is 2. The van der Waals surface area contributed by atoms with Gasteiger partial charge in [-0.25, -0.2) is 9.89 Å². The van der Waals surface area contributed by atoms with Gasteiger partial charge in [0, 0.05) is 19.2 Å². The van der Waals surface area contributed by atoms with Crippen molar-refractivity contribution in [3.05, 3.63) is 94.3 Å². The van der Waals surface area contributed by atoms with Gasteiger partial charge in [0.25, 0.3) is 5.56 Å². The molecular formula is C19H18N4O2. The van der Waals surface area contributed by atoms with Gasteiger partial charge in [-0.1, -0.05) is 60.7 Å². The molecule has 25 heavy (non-hydrogen) atoms. The van der Waals surface area contributed by atoms with Crippen molar-refractivity contribution in [2.24, 2.45) is 0 Å². The summed E-state index contributed by atoms with van der Waals surface area (Å²) in [4.78, 5) is 25.5. The molecule has 0 saturated carbocycles. The van der Waals surface area contributed by atoms with Crippen LogP contribution in [-0.4, -0.2) is 21.1 Å². The summed E-state index contributed by atoms with van der Waals surface area (Å²) >= 11 is 0. The molecule has 0 atom stereocenters. The normalized spacial score (nSPS) is 10.2. The molecule has 0 aliphatic heterocycles. The van der Waals surface area contributed by atoms with E-state index in [4.69, 9.17) is 0 Å². The van der Waals surface area contributed by atoms with Gasteiger partial charge in [-0.05, 0) is 17.2 Å². The zero-order chi connectivity index (χ0) is 17.5. The number of hydrogen-bond acceptors (Lipinski definition) is 3. The Morgan fingerprint density at radius 1 is 0.880 bits per heavy atom. The van der Waals surface area contributed by atoms with Crippen LogP contribution in [0.1, 0.15) is 11.1 Å². The number of aromatic nitrogens is 2. The van der Waals surface area contributed by atoms with Crippen molar-refractivity contribution in [3.8, 4) is 0 Å². The fourth-order valence-electron chi connectivity index (χ4n) is 2.41. The number of H-pyrrole nitrogens is 1. The molecule has 3 aromatic rings. The first-order chi connectivity index (χ1) is 12.2. The second-order valence-corrected chi connectivity index (χ2v) is 5.56. The van der Waals surface area contributed by atoms with E-state index in [1.807, 2.05) is 60.7 Å². The molecule has 0 fully saturated rings. The van der Waals surface area contributed by atoms with Gasteiger partial charge in [0.2, 0.25) is 0 Å². The third-order valence-corrected chi connectivity index (χ3v) is 3.63. The molecular weight excluding hydrogens is 316 g/mol. The minimum Gasteiger partial charge on any atom is -0.316 e. The molecule has 1 heterocycles. The number of carbonyl (C=O) groups excluding carboxylic acids is 1. The quantitative estimate of drug-likeness (QED) is 0.753. The molecule has 0 spiro atoms. The summed E-state index contributed by atoms with van der Waals surface area (Å²) in [5.41, 5.74) is 1.74. The van der Waals surface area contributed by atoms with Crippen molar-refractivity contribution < 1.29 is 4.79 Å². The Bertz CT molecular complexity index is 817. The van der Waals surface area contributed by atoms with E-state index in [1.54, 1.807) is 4.90 Å². The Kier molecular flexibility index (Phi) is 5.21. The lowest BCUT2D eigenvalue weighted by Crippen LogP contribution is -2.34. The highest BCUT2D eigenvalue weighted by Crippen LogP contribution is 2.12. The van der Waals surface area contributed by atoms with Crippen LogP contribution in [0.25, 0.3) is 0 Å². The number of nitrogens with one attached hydrogen (secondary N) is 2. The molecule has 1 aromatic heterocycles. The van der Waals surface area contributed by atoms with E-state index in [0.29, 0.717) is 18.9 Å². The van der Waals surface area contributed by atoms with Gasteiger partial charge in [-0.3, -0.25) is 10.1 Å². The first kappa shape index (κ1) is 16.4. The van der Waals surface area contributed by atoms with Gasteiger partial charge >= 0.3 is 6.03 Å². The topological polar surface area (TPSA) is 78.1 Å². The number of nitrogens with zero attached hydrogens (tertiary/aromatic N) is 2. The van der Waals surface area contributed by atoms with Crippen LogP contribution in [0.15, 0.2) is 77.6 Å². The molecule has 0 bridgehead atoms. The predicted molar refractivity (Wildman–Crippen MR) is 96.0 cm³/mol. The van der Waals surface area contributed by atoms with Gasteiger partial charge in [-0.15, -0.1) is 0 Å². The number of aromatic amines is 1. The van der Waals surface area contributed by atoms with Crippen molar-refractivity contribution >= 4 is 11.8 Å². The monoisotopic (exact) mass is 334 g/mol. The third-order valence-electron chi connectivity index (χ3n) is 3.63. The minimum atomic E-state index is -0.316. The fraction of sp³-hybridized carbons (Fsp3) is 0.105. The van der Waals surface area contributed by atoms with Crippen LogP contribution in [0.4, 0.5) is 10.6 Å². The Morgan fingerprint density at radius 2 is 1.44 bits per heavy atom.